The highest BCUT2D eigenvalue weighted by Gasteiger charge is 2.14. The number of hydrogen-bond donors (Lipinski definition) is 1. The number of methoxy groups -OCH3 is 1. The minimum atomic E-state index is -0.455. The van der Waals surface area contributed by atoms with Crippen LogP contribution in [-0.2, 0) is 0 Å². The summed E-state index contributed by atoms with van der Waals surface area (Å²) < 4.78 is 10.2. The first-order valence-electron chi connectivity index (χ1n) is 5.17. The summed E-state index contributed by atoms with van der Waals surface area (Å²) in [6.45, 7) is 1.71. The molecule has 2 aromatic rings. The van der Waals surface area contributed by atoms with Crippen molar-refractivity contribution in [3.05, 3.63) is 41.1 Å². The number of amides is 1. The van der Waals surface area contributed by atoms with Crippen molar-refractivity contribution in [1.82, 2.24) is 4.98 Å². The Kier molecular flexibility index (Phi) is 3.53. The Morgan fingerprint density at radius 2 is 2.28 bits per heavy atom. The van der Waals surface area contributed by atoms with Crippen LogP contribution in [0.25, 0.3) is 0 Å². The average Bonchev–Trinajstić information content (AvgIpc) is 2.76. The topological polar surface area (TPSA) is 64.4 Å². The molecule has 2 rings (SSSR count). The van der Waals surface area contributed by atoms with Gasteiger partial charge in [0.1, 0.15) is 11.5 Å². The number of oxazole rings is 1. The number of ether oxygens (including phenoxy) is 1. The van der Waals surface area contributed by atoms with Crippen molar-refractivity contribution in [3.63, 3.8) is 0 Å². The van der Waals surface area contributed by atoms with Gasteiger partial charge in [0.05, 0.1) is 19.0 Å². The van der Waals surface area contributed by atoms with Gasteiger partial charge in [-0.1, -0.05) is 11.6 Å². The predicted molar refractivity (Wildman–Crippen MR) is 67.2 cm³/mol. The highest BCUT2D eigenvalue weighted by Crippen LogP contribution is 2.27. The Bertz CT molecular complexity index is 580. The third-order valence-corrected chi connectivity index (χ3v) is 2.46. The predicted octanol–water partition coefficient (Wildman–Crippen LogP) is 2.90. The van der Waals surface area contributed by atoms with Crippen molar-refractivity contribution in [3.8, 4) is 5.75 Å². The van der Waals surface area contributed by atoms with Crippen LogP contribution in [0.1, 0.15) is 16.4 Å². The van der Waals surface area contributed by atoms with E-state index in [1.165, 1.54) is 13.3 Å². The average molecular weight is 267 g/mol. The molecular weight excluding hydrogens is 256 g/mol. The van der Waals surface area contributed by atoms with Crippen molar-refractivity contribution < 1.29 is 13.9 Å². The second-order valence-corrected chi connectivity index (χ2v) is 4.01. The van der Waals surface area contributed by atoms with E-state index >= 15 is 0 Å². The van der Waals surface area contributed by atoms with Crippen LogP contribution in [0.2, 0.25) is 5.02 Å². The molecule has 1 aromatic carbocycles. The van der Waals surface area contributed by atoms with Crippen molar-refractivity contribution in [2.45, 2.75) is 6.92 Å². The molecule has 0 aliphatic carbocycles. The van der Waals surface area contributed by atoms with Gasteiger partial charge in [0, 0.05) is 5.02 Å². The van der Waals surface area contributed by atoms with Crippen LogP contribution in [0, 0.1) is 6.92 Å². The van der Waals surface area contributed by atoms with E-state index in [1.54, 1.807) is 25.1 Å². The SMILES string of the molecule is COc1ccc(Cl)cc1NC(=O)c1ncc(C)o1. The van der Waals surface area contributed by atoms with E-state index in [2.05, 4.69) is 10.3 Å². The van der Waals surface area contributed by atoms with Gasteiger partial charge >= 0.3 is 5.91 Å². The highest BCUT2D eigenvalue weighted by molar-refractivity contribution is 6.31. The second-order valence-electron chi connectivity index (χ2n) is 3.57. The lowest BCUT2D eigenvalue weighted by atomic mass is 10.3. The molecule has 1 amide bonds. The van der Waals surface area contributed by atoms with Crippen LogP contribution in [-0.4, -0.2) is 18.0 Å². The number of anilines is 1. The van der Waals surface area contributed by atoms with Gasteiger partial charge in [-0.05, 0) is 25.1 Å². The molecule has 1 heterocycles. The van der Waals surface area contributed by atoms with Crippen molar-refractivity contribution in [1.29, 1.82) is 0 Å². The number of aryl methyl sites for hydroxylation is 1. The number of aromatic nitrogens is 1. The molecule has 0 bridgehead atoms. The van der Waals surface area contributed by atoms with E-state index in [9.17, 15) is 4.79 Å². The maximum absolute atomic E-state index is 11.8. The minimum Gasteiger partial charge on any atom is -0.495 e. The van der Waals surface area contributed by atoms with Gasteiger partial charge in [-0.2, -0.15) is 0 Å². The summed E-state index contributed by atoms with van der Waals surface area (Å²) in [7, 11) is 1.51. The van der Waals surface area contributed by atoms with Gasteiger partial charge in [-0.3, -0.25) is 4.79 Å². The van der Waals surface area contributed by atoms with Gasteiger partial charge < -0.3 is 14.5 Å². The second kappa shape index (κ2) is 5.10. The van der Waals surface area contributed by atoms with Crippen LogP contribution in [0.15, 0.2) is 28.8 Å². The van der Waals surface area contributed by atoms with Gasteiger partial charge in [0.2, 0.25) is 0 Å². The van der Waals surface area contributed by atoms with E-state index in [1.807, 2.05) is 0 Å². The molecule has 0 saturated carbocycles. The number of hydrogen-bond acceptors (Lipinski definition) is 4. The van der Waals surface area contributed by atoms with Crippen molar-refractivity contribution in [2.75, 3.05) is 12.4 Å². The number of nitrogens with zero attached hydrogens (tertiary/aromatic N) is 1. The van der Waals surface area contributed by atoms with Crippen molar-refractivity contribution in [2.24, 2.45) is 0 Å². The third-order valence-electron chi connectivity index (χ3n) is 2.23. The Labute approximate surface area is 109 Å². The number of carbonyl (C=O) groups is 1. The lowest BCUT2D eigenvalue weighted by Gasteiger charge is -2.08. The molecule has 94 valence electrons. The van der Waals surface area contributed by atoms with Crippen molar-refractivity contribution >= 4 is 23.2 Å². The van der Waals surface area contributed by atoms with E-state index in [0.29, 0.717) is 22.2 Å². The van der Waals surface area contributed by atoms with Gasteiger partial charge in [0.25, 0.3) is 5.89 Å². The largest absolute Gasteiger partial charge is 0.495 e. The standard InChI is InChI=1S/C12H11ClN2O3/c1-7-6-14-12(18-7)11(16)15-9-5-8(13)3-4-10(9)17-2/h3-6H,1-2H3,(H,15,16). The van der Waals surface area contributed by atoms with Crippen LogP contribution in [0.4, 0.5) is 5.69 Å². The summed E-state index contributed by atoms with van der Waals surface area (Å²) in [6.07, 6.45) is 1.48. The normalized spacial score (nSPS) is 10.2. The zero-order valence-corrected chi connectivity index (χ0v) is 10.6. The molecule has 0 unspecified atom stereocenters. The summed E-state index contributed by atoms with van der Waals surface area (Å²) in [6, 6.07) is 4.93. The zero-order valence-electron chi connectivity index (χ0n) is 9.86. The molecule has 6 heteroatoms. The van der Waals surface area contributed by atoms with Crippen LogP contribution in [0.3, 0.4) is 0 Å². The summed E-state index contributed by atoms with van der Waals surface area (Å²) in [5.74, 6) is 0.618. The first-order chi connectivity index (χ1) is 8.60. The molecule has 1 aromatic heterocycles. The molecule has 5 nitrogen and oxygen atoms in total. The van der Waals surface area contributed by atoms with E-state index in [4.69, 9.17) is 20.8 Å². The molecule has 0 atom stereocenters. The van der Waals surface area contributed by atoms with Crippen LogP contribution >= 0.6 is 11.6 Å². The molecule has 0 radical (unpaired) electrons. The first-order valence-corrected chi connectivity index (χ1v) is 5.55. The molecule has 0 spiro atoms. The molecule has 18 heavy (non-hydrogen) atoms. The quantitative estimate of drug-likeness (QED) is 0.928. The Morgan fingerprint density at radius 3 is 2.89 bits per heavy atom. The monoisotopic (exact) mass is 266 g/mol. The summed E-state index contributed by atoms with van der Waals surface area (Å²) >= 11 is 5.86. The number of halogens is 1. The fraction of sp³-hybridized carbons (Fsp3) is 0.167. The lowest BCUT2D eigenvalue weighted by Crippen LogP contribution is -2.12. The smallest absolute Gasteiger partial charge is 0.311 e. The Morgan fingerprint density at radius 1 is 1.50 bits per heavy atom. The number of benzene rings is 1. The van der Waals surface area contributed by atoms with Gasteiger partial charge in [0.15, 0.2) is 0 Å². The maximum Gasteiger partial charge on any atom is 0.311 e. The lowest BCUT2D eigenvalue weighted by molar-refractivity contribution is 0.0988. The van der Waals surface area contributed by atoms with E-state index < -0.39 is 5.91 Å². The molecule has 1 N–H and O–H groups in total. The summed E-state index contributed by atoms with van der Waals surface area (Å²) in [5, 5.41) is 3.12. The third kappa shape index (κ3) is 2.62. The highest BCUT2D eigenvalue weighted by atomic mass is 35.5. The minimum absolute atomic E-state index is 0.00507. The molecule has 0 aliphatic heterocycles. The molecular formula is C12H11ClN2O3. The molecule has 0 fully saturated rings. The summed E-state index contributed by atoms with van der Waals surface area (Å²) in [5.41, 5.74) is 0.464. The van der Waals surface area contributed by atoms with Gasteiger partial charge in [-0.25, -0.2) is 4.98 Å². The number of carbonyl (C=O) groups excluding carboxylic acids is 1. The molecule has 0 aliphatic rings. The zero-order chi connectivity index (χ0) is 13.1. The van der Waals surface area contributed by atoms with Gasteiger partial charge in [-0.15, -0.1) is 0 Å². The molecule has 0 saturated heterocycles. The van der Waals surface area contributed by atoms with Crippen LogP contribution < -0.4 is 10.1 Å². The first kappa shape index (κ1) is 12.4. The Balaban J connectivity index is 2.23. The number of rotatable bonds is 3. The fourth-order valence-corrected chi connectivity index (χ4v) is 1.59. The Hall–Kier alpha value is -2.01. The van der Waals surface area contributed by atoms with E-state index in [0.717, 1.165) is 0 Å². The maximum atomic E-state index is 11.8. The van der Waals surface area contributed by atoms with Crippen LogP contribution in [0.5, 0.6) is 5.75 Å². The number of nitrogens with one attached hydrogen (secondary N) is 1. The summed E-state index contributed by atoms with van der Waals surface area (Å²) in [4.78, 5) is 15.7. The van der Waals surface area contributed by atoms with E-state index in [-0.39, 0.29) is 5.89 Å². The fourth-order valence-electron chi connectivity index (χ4n) is 1.41.